The lowest BCUT2D eigenvalue weighted by Crippen LogP contribution is -2.42. The van der Waals surface area contributed by atoms with Crippen LogP contribution in [0, 0.1) is 0 Å². The Morgan fingerprint density at radius 3 is 2.33 bits per heavy atom. The number of aliphatic hydroxyl groups excluding tert-OH is 1. The highest BCUT2D eigenvalue weighted by Gasteiger charge is 2.20. The standard InChI is InChI=1S/C10H21NO3S/c1-4-9(5-2)11-10(13)8(3)15(14)7-6-12/h8-9,12H,4-7H2,1-3H3,(H,11,13). The third kappa shape index (κ3) is 5.28. The summed E-state index contributed by atoms with van der Waals surface area (Å²) >= 11 is 0. The smallest absolute Gasteiger partial charge is 0.235 e. The lowest BCUT2D eigenvalue weighted by Gasteiger charge is -2.17. The maximum absolute atomic E-state index is 11.6. The van der Waals surface area contributed by atoms with Crippen LogP contribution in [0.5, 0.6) is 0 Å². The first-order chi connectivity index (χ1) is 7.06. The van der Waals surface area contributed by atoms with Gasteiger partial charge in [0.15, 0.2) is 0 Å². The first-order valence-corrected chi connectivity index (χ1v) is 6.73. The lowest BCUT2D eigenvalue weighted by atomic mass is 10.2. The van der Waals surface area contributed by atoms with Crippen molar-refractivity contribution in [2.75, 3.05) is 12.4 Å². The van der Waals surface area contributed by atoms with Gasteiger partial charge in [0.05, 0.1) is 6.61 Å². The largest absolute Gasteiger partial charge is 0.395 e. The molecule has 0 heterocycles. The molecule has 0 aromatic rings. The van der Waals surface area contributed by atoms with Gasteiger partial charge in [-0.2, -0.15) is 0 Å². The molecule has 2 unspecified atom stereocenters. The van der Waals surface area contributed by atoms with E-state index in [1.165, 1.54) is 0 Å². The topological polar surface area (TPSA) is 66.4 Å². The average molecular weight is 235 g/mol. The Bertz CT molecular complexity index is 217. The Labute approximate surface area is 93.9 Å². The van der Waals surface area contributed by atoms with Gasteiger partial charge in [-0.15, -0.1) is 0 Å². The molecule has 0 saturated heterocycles. The minimum absolute atomic E-state index is 0.144. The molecule has 0 fully saturated rings. The number of hydrogen-bond donors (Lipinski definition) is 2. The summed E-state index contributed by atoms with van der Waals surface area (Å²) in [4.78, 5) is 11.6. The van der Waals surface area contributed by atoms with Crippen LogP contribution < -0.4 is 5.32 Å². The number of rotatable bonds is 7. The van der Waals surface area contributed by atoms with Crippen LogP contribution in [0.25, 0.3) is 0 Å². The zero-order chi connectivity index (χ0) is 11.8. The highest BCUT2D eigenvalue weighted by molar-refractivity contribution is 7.86. The second kappa shape index (κ2) is 7.82. The highest BCUT2D eigenvalue weighted by atomic mass is 32.2. The number of nitrogens with one attached hydrogen (secondary N) is 1. The lowest BCUT2D eigenvalue weighted by molar-refractivity contribution is -0.121. The van der Waals surface area contributed by atoms with Crippen LogP contribution in [-0.4, -0.2) is 38.9 Å². The minimum Gasteiger partial charge on any atom is -0.395 e. The third-order valence-corrected chi connectivity index (χ3v) is 3.98. The van der Waals surface area contributed by atoms with Crippen molar-refractivity contribution in [3.8, 4) is 0 Å². The first kappa shape index (κ1) is 14.6. The van der Waals surface area contributed by atoms with Gasteiger partial charge in [-0.25, -0.2) is 0 Å². The fourth-order valence-corrected chi connectivity index (χ4v) is 2.04. The molecule has 0 bridgehead atoms. The molecule has 2 atom stereocenters. The molecule has 4 nitrogen and oxygen atoms in total. The summed E-state index contributed by atoms with van der Waals surface area (Å²) in [6.07, 6.45) is 1.75. The van der Waals surface area contributed by atoms with E-state index in [1.54, 1.807) is 6.92 Å². The first-order valence-electron chi connectivity index (χ1n) is 5.35. The normalized spacial score (nSPS) is 15.0. The molecule has 0 aliphatic heterocycles. The van der Waals surface area contributed by atoms with Crippen LogP contribution in [0.2, 0.25) is 0 Å². The van der Waals surface area contributed by atoms with Gasteiger partial charge in [-0.3, -0.25) is 9.00 Å². The van der Waals surface area contributed by atoms with E-state index in [2.05, 4.69) is 5.32 Å². The molecule has 0 rings (SSSR count). The predicted octanol–water partition coefficient (Wildman–Crippen LogP) is 0.421. The van der Waals surface area contributed by atoms with Crippen LogP contribution in [0.15, 0.2) is 0 Å². The summed E-state index contributed by atoms with van der Waals surface area (Å²) in [7, 11) is -1.28. The van der Waals surface area contributed by atoms with Crippen LogP contribution in [0.1, 0.15) is 33.6 Å². The van der Waals surface area contributed by atoms with Gasteiger partial charge < -0.3 is 10.4 Å². The maximum Gasteiger partial charge on any atom is 0.235 e. The van der Waals surface area contributed by atoms with Crippen molar-refractivity contribution < 1.29 is 14.1 Å². The van der Waals surface area contributed by atoms with Gasteiger partial charge >= 0.3 is 0 Å². The zero-order valence-corrected chi connectivity index (χ0v) is 10.5. The van der Waals surface area contributed by atoms with E-state index in [9.17, 15) is 9.00 Å². The second-order valence-electron chi connectivity index (χ2n) is 3.47. The van der Waals surface area contributed by atoms with E-state index in [0.29, 0.717) is 0 Å². The van der Waals surface area contributed by atoms with Crippen molar-refractivity contribution in [1.82, 2.24) is 5.32 Å². The van der Waals surface area contributed by atoms with Crippen molar-refractivity contribution in [3.05, 3.63) is 0 Å². The quantitative estimate of drug-likeness (QED) is 0.672. The fraction of sp³-hybridized carbons (Fsp3) is 0.900. The van der Waals surface area contributed by atoms with Crippen molar-refractivity contribution in [2.45, 2.75) is 44.9 Å². The van der Waals surface area contributed by atoms with Crippen LogP contribution in [0.4, 0.5) is 0 Å². The monoisotopic (exact) mass is 235 g/mol. The molecule has 0 saturated carbocycles. The van der Waals surface area contributed by atoms with E-state index >= 15 is 0 Å². The molecule has 0 radical (unpaired) electrons. The molecule has 0 aromatic heterocycles. The van der Waals surface area contributed by atoms with E-state index < -0.39 is 16.0 Å². The molecule has 1 amide bonds. The summed E-state index contributed by atoms with van der Waals surface area (Å²) in [6, 6.07) is 0.158. The summed E-state index contributed by atoms with van der Waals surface area (Å²) in [5, 5.41) is 10.9. The molecule has 0 aromatic carbocycles. The molecule has 0 aliphatic rings. The minimum atomic E-state index is -1.28. The van der Waals surface area contributed by atoms with E-state index in [4.69, 9.17) is 5.11 Å². The number of amides is 1. The molecule has 0 spiro atoms. The second-order valence-corrected chi connectivity index (χ2v) is 5.35. The van der Waals surface area contributed by atoms with E-state index in [0.717, 1.165) is 12.8 Å². The molecular formula is C10H21NO3S. The van der Waals surface area contributed by atoms with E-state index in [1.807, 2.05) is 13.8 Å². The SMILES string of the molecule is CCC(CC)NC(=O)C(C)S(=O)CCO. The Kier molecular flexibility index (Phi) is 7.60. The summed E-state index contributed by atoms with van der Waals surface area (Å²) in [6.45, 7) is 5.49. The number of aliphatic hydroxyl groups is 1. The highest BCUT2D eigenvalue weighted by Crippen LogP contribution is 2.01. The maximum atomic E-state index is 11.6. The fourth-order valence-electron chi connectivity index (χ4n) is 1.20. The summed E-state index contributed by atoms with van der Waals surface area (Å²) in [5.41, 5.74) is 0. The van der Waals surface area contributed by atoms with Gasteiger partial charge in [-0.05, 0) is 19.8 Å². The van der Waals surface area contributed by atoms with Crippen LogP contribution in [-0.2, 0) is 15.6 Å². The number of carbonyl (C=O) groups excluding carboxylic acids is 1. The van der Waals surface area contributed by atoms with Gasteiger partial charge in [0.2, 0.25) is 5.91 Å². The van der Waals surface area contributed by atoms with E-state index in [-0.39, 0.29) is 24.3 Å². The van der Waals surface area contributed by atoms with Crippen molar-refractivity contribution in [2.24, 2.45) is 0 Å². The number of hydrogen-bond acceptors (Lipinski definition) is 3. The van der Waals surface area contributed by atoms with Gasteiger partial charge in [0.1, 0.15) is 5.25 Å². The van der Waals surface area contributed by atoms with Gasteiger partial charge in [0, 0.05) is 22.6 Å². The van der Waals surface area contributed by atoms with Crippen molar-refractivity contribution in [1.29, 1.82) is 0 Å². The Morgan fingerprint density at radius 1 is 1.40 bits per heavy atom. The van der Waals surface area contributed by atoms with Gasteiger partial charge in [0.25, 0.3) is 0 Å². The van der Waals surface area contributed by atoms with Crippen LogP contribution >= 0.6 is 0 Å². The molecule has 5 heteroatoms. The summed E-state index contributed by atoms with van der Waals surface area (Å²) in [5.74, 6) is -0.0205. The molecule has 0 aliphatic carbocycles. The Balaban J connectivity index is 4.14. The Hall–Kier alpha value is -0.420. The third-order valence-electron chi connectivity index (χ3n) is 2.39. The van der Waals surface area contributed by atoms with Crippen molar-refractivity contribution in [3.63, 3.8) is 0 Å². The molecular weight excluding hydrogens is 214 g/mol. The average Bonchev–Trinajstić information content (AvgIpc) is 2.24. The molecule has 90 valence electrons. The van der Waals surface area contributed by atoms with Gasteiger partial charge in [-0.1, -0.05) is 13.8 Å². The number of carbonyl (C=O) groups is 1. The predicted molar refractivity (Wildman–Crippen MR) is 62.1 cm³/mol. The van der Waals surface area contributed by atoms with Crippen molar-refractivity contribution >= 4 is 16.7 Å². The zero-order valence-electron chi connectivity index (χ0n) is 9.66. The Morgan fingerprint density at radius 2 is 1.93 bits per heavy atom. The summed E-state index contributed by atoms with van der Waals surface area (Å²) < 4.78 is 11.4. The molecule has 15 heavy (non-hydrogen) atoms. The molecule has 2 N–H and O–H groups in total. The van der Waals surface area contributed by atoms with Crippen LogP contribution in [0.3, 0.4) is 0 Å².